The third-order valence-electron chi connectivity index (χ3n) is 3.62. The van der Waals surface area contributed by atoms with Gasteiger partial charge in [-0.1, -0.05) is 12.8 Å². The number of hydrogen-bond acceptors (Lipinski definition) is 4. The van der Waals surface area contributed by atoms with Crippen LogP contribution in [0.4, 0.5) is 5.00 Å². The first kappa shape index (κ1) is 15.7. The highest BCUT2D eigenvalue weighted by molar-refractivity contribution is 9.11. The molecule has 0 bridgehead atoms. The summed E-state index contributed by atoms with van der Waals surface area (Å²) in [4.78, 5) is 25.2. The van der Waals surface area contributed by atoms with Crippen molar-refractivity contribution in [3.05, 3.63) is 37.8 Å². The highest BCUT2D eigenvalue weighted by Crippen LogP contribution is 2.27. The molecule has 0 unspecified atom stereocenters. The van der Waals surface area contributed by atoms with Gasteiger partial charge in [-0.05, 0) is 52.4 Å². The van der Waals surface area contributed by atoms with Crippen molar-refractivity contribution in [3.8, 4) is 0 Å². The van der Waals surface area contributed by atoms with E-state index >= 15 is 0 Å². The second-order valence-electron chi connectivity index (χ2n) is 5.18. The Balaban J connectivity index is 1.68. The predicted molar refractivity (Wildman–Crippen MR) is 94.0 cm³/mol. The van der Waals surface area contributed by atoms with Crippen molar-refractivity contribution < 1.29 is 9.59 Å². The normalized spacial score (nSPS) is 15.0. The van der Waals surface area contributed by atoms with Crippen LogP contribution in [0.15, 0.2) is 27.4 Å². The van der Waals surface area contributed by atoms with E-state index in [1.165, 1.54) is 35.5 Å². The van der Waals surface area contributed by atoms with Gasteiger partial charge in [-0.25, -0.2) is 0 Å². The molecule has 0 aliphatic heterocycles. The highest BCUT2D eigenvalue weighted by Gasteiger charge is 2.21. The Morgan fingerprint density at radius 3 is 2.59 bits per heavy atom. The third-order valence-corrected chi connectivity index (χ3v) is 6.08. The molecule has 3 rings (SSSR count). The number of halogens is 1. The van der Waals surface area contributed by atoms with Crippen LogP contribution >= 0.6 is 38.6 Å². The summed E-state index contributed by atoms with van der Waals surface area (Å²) in [5, 5.41) is 8.31. The van der Waals surface area contributed by atoms with Gasteiger partial charge in [0.05, 0.1) is 14.2 Å². The van der Waals surface area contributed by atoms with Crippen LogP contribution in [0.2, 0.25) is 0 Å². The van der Waals surface area contributed by atoms with Crippen LogP contribution in [-0.2, 0) is 0 Å². The molecule has 0 aromatic carbocycles. The zero-order valence-electron chi connectivity index (χ0n) is 11.7. The Kier molecular flexibility index (Phi) is 4.95. The molecule has 0 atom stereocenters. The first-order valence-electron chi connectivity index (χ1n) is 7.08. The Hall–Kier alpha value is -1.18. The van der Waals surface area contributed by atoms with E-state index in [2.05, 4.69) is 26.6 Å². The first-order chi connectivity index (χ1) is 10.6. The monoisotopic (exact) mass is 398 g/mol. The number of rotatable bonds is 4. The van der Waals surface area contributed by atoms with Crippen molar-refractivity contribution in [2.45, 2.75) is 31.7 Å². The number of anilines is 1. The molecule has 2 aromatic heterocycles. The van der Waals surface area contributed by atoms with Crippen molar-refractivity contribution in [2.24, 2.45) is 0 Å². The van der Waals surface area contributed by atoms with Gasteiger partial charge >= 0.3 is 0 Å². The molecule has 1 saturated carbocycles. The smallest absolute Gasteiger partial charge is 0.266 e. The second kappa shape index (κ2) is 6.93. The molecule has 0 saturated heterocycles. The Morgan fingerprint density at radius 2 is 1.91 bits per heavy atom. The lowest BCUT2D eigenvalue weighted by atomic mass is 10.2. The van der Waals surface area contributed by atoms with Gasteiger partial charge in [-0.2, -0.15) is 0 Å². The van der Waals surface area contributed by atoms with E-state index in [0.717, 1.165) is 16.6 Å². The minimum Gasteiger partial charge on any atom is -0.349 e. The fourth-order valence-electron chi connectivity index (χ4n) is 2.52. The van der Waals surface area contributed by atoms with Crippen molar-refractivity contribution in [3.63, 3.8) is 0 Å². The summed E-state index contributed by atoms with van der Waals surface area (Å²) in [6.45, 7) is 0. The summed E-state index contributed by atoms with van der Waals surface area (Å²) in [6, 6.07) is 5.62. The van der Waals surface area contributed by atoms with E-state index in [4.69, 9.17) is 0 Å². The molecule has 1 aliphatic rings. The van der Waals surface area contributed by atoms with Crippen molar-refractivity contribution >= 4 is 55.4 Å². The maximum Gasteiger partial charge on any atom is 0.266 e. The molecule has 1 aliphatic carbocycles. The van der Waals surface area contributed by atoms with Crippen LogP contribution in [0.25, 0.3) is 0 Å². The number of carbonyl (C=O) groups is 2. The summed E-state index contributed by atoms with van der Waals surface area (Å²) in [7, 11) is 0. The number of amides is 2. The number of nitrogens with one attached hydrogen (secondary N) is 2. The van der Waals surface area contributed by atoms with E-state index in [1.54, 1.807) is 12.1 Å². The van der Waals surface area contributed by atoms with Gasteiger partial charge in [0.2, 0.25) is 0 Å². The van der Waals surface area contributed by atoms with Crippen LogP contribution in [0.3, 0.4) is 0 Å². The van der Waals surface area contributed by atoms with Gasteiger partial charge in [-0.15, -0.1) is 22.7 Å². The van der Waals surface area contributed by atoms with E-state index in [-0.39, 0.29) is 17.9 Å². The average Bonchev–Trinajstić information content (AvgIpc) is 3.20. The quantitative estimate of drug-likeness (QED) is 0.796. The summed E-state index contributed by atoms with van der Waals surface area (Å²) >= 11 is 6.07. The molecule has 2 aromatic rings. The van der Waals surface area contributed by atoms with Crippen LogP contribution in [0.1, 0.15) is 45.7 Å². The Morgan fingerprint density at radius 1 is 1.14 bits per heavy atom. The fourth-order valence-corrected chi connectivity index (χ4v) is 4.58. The molecule has 2 N–H and O–H groups in total. The number of thiophene rings is 2. The predicted octanol–water partition coefficient (Wildman–Crippen LogP) is 4.50. The minimum absolute atomic E-state index is 0.101. The van der Waals surface area contributed by atoms with E-state index in [0.29, 0.717) is 15.4 Å². The van der Waals surface area contributed by atoms with Gasteiger partial charge in [0.15, 0.2) is 0 Å². The molecule has 7 heteroatoms. The van der Waals surface area contributed by atoms with Crippen molar-refractivity contribution in [2.75, 3.05) is 5.32 Å². The Bertz CT molecular complexity index is 689. The van der Waals surface area contributed by atoms with E-state index in [9.17, 15) is 9.59 Å². The summed E-state index contributed by atoms with van der Waals surface area (Å²) < 4.78 is 0.906. The largest absolute Gasteiger partial charge is 0.349 e. The van der Waals surface area contributed by atoms with Gasteiger partial charge < -0.3 is 10.6 Å². The summed E-state index contributed by atoms with van der Waals surface area (Å²) in [6.07, 6.45) is 4.43. The minimum atomic E-state index is -0.187. The molecule has 116 valence electrons. The maximum atomic E-state index is 12.3. The van der Waals surface area contributed by atoms with Crippen LogP contribution in [-0.4, -0.2) is 17.9 Å². The molecule has 2 amide bonds. The molecule has 4 nitrogen and oxygen atoms in total. The van der Waals surface area contributed by atoms with Gasteiger partial charge in [-0.3, -0.25) is 9.59 Å². The van der Waals surface area contributed by atoms with Gasteiger partial charge in [0, 0.05) is 6.04 Å². The standard InChI is InChI=1S/C15H15BrN2O2S2/c16-12-6-5-11(22-12)14(20)18-15-10(7-8-21-15)13(19)17-9-3-1-2-4-9/h5-9H,1-4H2,(H,17,19)(H,18,20). The summed E-state index contributed by atoms with van der Waals surface area (Å²) in [5.74, 6) is -0.288. The zero-order chi connectivity index (χ0) is 15.5. The molecular weight excluding hydrogens is 384 g/mol. The first-order valence-corrected chi connectivity index (χ1v) is 9.57. The lowest BCUT2D eigenvalue weighted by Gasteiger charge is -2.12. The van der Waals surface area contributed by atoms with Gasteiger partial charge in [0.1, 0.15) is 5.00 Å². The van der Waals surface area contributed by atoms with E-state index < -0.39 is 0 Å². The molecular formula is C15H15BrN2O2S2. The SMILES string of the molecule is O=C(Nc1sccc1C(=O)NC1CCCC1)c1ccc(Br)s1. The number of carbonyl (C=O) groups excluding carboxylic acids is 2. The van der Waals surface area contributed by atoms with E-state index in [1.807, 2.05) is 11.4 Å². The van der Waals surface area contributed by atoms with Crippen molar-refractivity contribution in [1.82, 2.24) is 5.32 Å². The third kappa shape index (κ3) is 3.59. The average molecular weight is 399 g/mol. The topological polar surface area (TPSA) is 58.2 Å². The maximum absolute atomic E-state index is 12.3. The van der Waals surface area contributed by atoms with Gasteiger partial charge in [0.25, 0.3) is 11.8 Å². The molecule has 0 spiro atoms. The molecule has 1 fully saturated rings. The number of hydrogen-bond donors (Lipinski definition) is 2. The Labute approximate surface area is 145 Å². The van der Waals surface area contributed by atoms with Crippen molar-refractivity contribution in [1.29, 1.82) is 0 Å². The van der Waals surface area contributed by atoms with Crippen LogP contribution < -0.4 is 10.6 Å². The zero-order valence-corrected chi connectivity index (χ0v) is 14.9. The lowest BCUT2D eigenvalue weighted by Crippen LogP contribution is -2.32. The molecule has 0 radical (unpaired) electrons. The molecule has 22 heavy (non-hydrogen) atoms. The van der Waals surface area contributed by atoms with Crippen LogP contribution in [0, 0.1) is 0 Å². The fraction of sp³-hybridized carbons (Fsp3) is 0.333. The second-order valence-corrected chi connectivity index (χ2v) is 8.56. The highest BCUT2D eigenvalue weighted by atomic mass is 79.9. The lowest BCUT2D eigenvalue weighted by molar-refractivity contribution is 0.0939. The summed E-state index contributed by atoms with van der Waals surface area (Å²) in [5.41, 5.74) is 0.542. The molecule has 2 heterocycles. The van der Waals surface area contributed by atoms with Crippen LogP contribution in [0.5, 0.6) is 0 Å².